The van der Waals surface area contributed by atoms with Gasteiger partial charge in [-0.2, -0.15) is 9.97 Å². The van der Waals surface area contributed by atoms with Crippen LogP contribution in [0.15, 0.2) is 22.2 Å². The highest BCUT2D eigenvalue weighted by Gasteiger charge is 2.48. The zero-order valence-corrected chi connectivity index (χ0v) is 20.7. The molecule has 2 atom stereocenters. The Morgan fingerprint density at radius 1 is 1.17 bits per heavy atom. The second-order valence-electron chi connectivity index (χ2n) is 9.76. The molecule has 1 spiro atoms. The average Bonchev–Trinajstić information content (AvgIpc) is 3.62. The molecule has 0 radical (unpaired) electrons. The van der Waals surface area contributed by atoms with E-state index in [2.05, 4.69) is 32.1 Å². The molecule has 0 amide bonds. The van der Waals surface area contributed by atoms with Crippen molar-refractivity contribution < 1.29 is 18.8 Å². The Balaban J connectivity index is 1.35. The fourth-order valence-electron chi connectivity index (χ4n) is 5.74. The van der Waals surface area contributed by atoms with Crippen LogP contribution in [0, 0.1) is 0 Å². The third-order valence-corrected chi connectivity index (χ3v) is 8.29. The Kier molecular flexibility index (Phi) is 6.01. The van der Waals surface area contributed by atoms with Crippen LogP contribution in [-0.4, -0.2) is 57.0 Å². The minimum Gasteiger partial charge on any atom is -0.476 e. The number of ketones is 1. The van der Waals surface area contributed by atoms with Gasteiger partial charge in [0.1, 0.15) is 18.1 Å². The predicted octanol–water partition coefficient (Wildman–Crippen LogP) is 4.57. The summed E-state index contributed by atoms with van der Waals surface area (Å²) in [5.74, 6) is 1.92. The van der Waals surface area contributed by atoms with Crippen LogP contribution in [0.4, 0.5) is 0 Å². The van der Waals surface area contributed by atoms with Crippen molar-refractivity contribution in [3.63, 3.8) is 0 Å². The summed E-state index contributed by atoms with van der Waals surface area (Å²) in [4.78, 5) is 28.9. The molecule has 0 aromatic carbocycles. The largest absolute Gasteiger partial charge is 0.476 e. The molecule has 6 rings (SSSR count). The van der Waals surface area contributed by atoms with E-state index in [4.69, 9.17) is 14.0 Å². The first kappa shape index (κ1) is 22.6. The quantitative estimate of drug-likeness (QED) is 0.486. The molecule has 0 N–H and O–H groups in total. The number of thiazole rings is 1. The summed E-state index contributed by atoms with van der Waals surface area (Å²) in [7, 11) is 2.12. The minimum atomic E-state index is -0.519. The molecule has 9 nitrogen and oxygen atoms in total. The highest BCUT2D eigenvalue weighted by molar-refractivity contribution is 7.11. The van der Waals surface area contributed by atoms with Crippen LogP contribution in [0.2, 0.25) is 0 Å². The van der Waals surface area contributed by atoms with Crippen LogP contribution in [0.3, 0.4) is 0 Å². The third-order valence-electron chi connectivity index (χ3n) is 7.64. The van der Waals surface area contributed by atoms with Crippen LogP contribution >= 0.6 is 11.3 Å². The van der Waals surface area contributed by atoms with E-state index in [9.17, 15) is 4.79 Å². The van der Waals surface area contributed by atoms with Crippen LogP contribution in [0.1, 0.15) is 62.6 Å². The zero-order valence-electron chi connectivity index (χ0n) is 19.9. The smallest absolute Gasteiger partial charge is 0.279 e. The van der Waals surface area contributed by atoms with Gasteiger partial charge < -0.3 is 18.9 Å². The molecule has 3 aromatic heterocycles. The second-order valence-corrected chi connectivity index (χ2v) is 10.6. The summed E-state index contributed by atoms with van der Waals surface area (Å²) in [5, 5.41) is 6.77. The molecule has 2 fully saturated rings. The van der Waals surface area contributed by atoms with Gasteiger partial charge >= 0.3 is 0 Å². The Bertz CT molecular complexity index is 1210. The number of carbonyl (C=O) groups is 1. The van der Waals surface area contributed by atoms with Gasteiger partial charge in [0.2, 0.25) is 23.3 Å². The molecule has 0 bridgehead atoms. The molecule has 3 aromatic rings. The van der Waals surface area contributed by atoms with Gasteiger partial charge in [-0.25, -0.2) is 4.98 Å². The third kappa shape index (κ3) is 4.23. The first-order chi connectivity index (χ1) is 17.1. The summed E-state index contributed by atoms with van der Waals surface area (Å²) in [6.07, 6.45) is 9.93. The van der Waals surface area contributed by atoms with Crippen molar-refractivity contribution in [2.45, 2.75) is 69.2 Å². The summed E-state index contributed by atoms with van der Waals surface area (Å²) in [6.45, 7) is 1.61. The van der Waals surface area contributed by atoms with Gasteiger partial charge in [0, 0.05) is 29.6 Å². The normalized spacial score (nSPS) is 24.6. The van der Waals surface area contributed by atoms with Crippen LogP contribution in [-0.2, 0) is 16.6 Å². The van der Waals surface area contributed by atoms with Gasteiger partial charge in [-0.1, -0.05) is 22.9 Å². The van der Waals surface area contributed by atoms with Crippen molar-refractivity contribution >= 4 is 17.1 Å². The zero-order chi connectivity index (χ0) is 23.8. The maximum atomic E-state index is 13.0. The number of Topliss-reactive ketones (excluding diaryl/α,β-unsaturated/α-hetero) is 1. The Hall–Kier alpha value is -2.85. The van der Waals surface area contributed by atoms with Crippen molar-refractivity contribution in [3.8, 4) is 28.5 Å². The first-order valence-corrected chi connectivity index (χ1v) is 13.3. The maximum absolute atomic E-state index is 13.0. The molecule has 1 saturated carbocycles. The number of fused-ring (bicyclic) bond motifs is 2. The Labute approximate surface area is 207 Å². The lowest BCUT2D eigenvalue weighted by Gasteiger charge is -2.37. The van der Waals surface area contributed by atoms with E-state index < -0.39 is 5.41 Å². The number of rotatable bonds is 6. The van der Waals surface area contributed by atoms with Crippen molar-refractivity contribution in [3.05, 3.63) is 28.9 Å². The van der Waals surface area contributed by atoms with Crippen LogP contribution in [0.5, 0.6) is 17.0 Å². The van der Waals surface area contributed by atoms with E-state index in [0.29, 0.717) is 47.6 Å². The number of hydrogen-bond acceptors (Lipinski definition) is 10. The van der Waals surface area contributed by atoms with E-state index >= 15 is 0 Å². The number of likely N-dealkylation sites (N-methyl/N-ethyl adjacent to an activating group) is 1. The van der Waals surface area contributed by atoms with Gasteiger partial charge in [0.05, 0.1) is 11.5 Å². The predicted molar refractivity (Wildman–Crippen MR) is 129 cm³/mol. The number of aromatic nitrogens is 4. The molecule has 0 unspecified atom stereocenters. The Morgan fingerprint density at radius 2 is 2.06 bits per heavy atom. The number of hydrogen-bond donors (Lipinski definition) is 0. The summed E-state index contributed by atoms with van der Waals surface area (Å²) in [6, 6.07) is 2.04. The standard InChI is InChI=1S/C25H29N5O4S/c1-30-12-5-6-16(30)15-32-19-14-20(33-24-26-11-13-35-24)28-23(27-19)21-17-7-4-10-25(22(17)29-34-21)9-3-2-8-18(25)31/h11,13-14,16H,2-10,12,15H2,1H3/t16-,25+/m0/s1. The number of ether oxygens (including phenoxy) is 2. The van der Waals surface area contributed by atoms with Gasteiger partial charge in [-0.3, -0.25) is 4.79 Å². The number of carbonyl (C=O) groups excluding carboxylic acids is 1. The number of nitrogens with zero attached hydrogens (tertiary/aromatic N) is 5. The van der Waals surface area contributed by atoms with E-state index in [1.165, 1.54) is 17.8 Å². The molecule has 184 valence electrons. The monoisotopic (exact) mass is 495 g/mol. The van der Waals surface area contributed by atoms with Crippen molar-refractivity contribution in [2.75, 3.05) is 20.2 Å². The maximum Gasteiger partial charge on any atom is 0.279 e. The SMILES string of the molecule is CN1CCC[C@H]1COc1cc(Oc2nccs2)nc(-c2onc3c2CCC[C@@]32CCCCC2=O)n1. The fourth-order valence-corrected chi connectivity index (χ4v) is 6.23. The minimum absolute atomic E-state index is 0.288. The highest BCUT2D eigenvalue weighted by atomic mass is 32.1. The Morgan fingerprint density at radius 3 is 2.86 bits per heavy atom. The lowest BCUT2D eigenvalue weighted by atomic mass is 9.64. The van der Waals surface area contributed by atoms with E-state index in [0.717, 1.165) is 62.7 Å². The summed E-state index contributed by atoms with van der Waals surface area (Å²) in [5.41, 5.74) is 1.21. The lowest BCUT2D eigenvalue weighted by molar-refractivity contribution is -0.127. The topological polar surface area (TPSA) is 103 Å². The highest BCUT2D eigenvalue weighted by Crippen LogP contribution is 2.47. The molecule has 4 heterocycles. The summed E-state index contributed by atoms with van der Waals surface area (Å²) >= 11 is 1.38. The molecule has 35 heavy (non-hydrogen) atoms. The van der Waals surface area contributed by atoms with Gasteiger partial charge in [0.25, 0.3) is 5.19 Å². The van der Waals surface area contributed by atoms with Gasteiger partial charge in [-0.15, -0.1) is 0 Å². The van der Waals surface area contributed by atoms with Gasteiger partial charge in [-0.05, 0) is 58.5 Å². The molecular formula is C25H29N5O4S. The fraction of sp³-hybridized carbons (Fsp3) is 0.560. The van der Waals surface area contributed by atoms with Crippen LogP contribution in [0.25, 0.3) is 11.6 Å². The average molecular weight is 496 g/mol. The molecule has 10 heteroatoms. The number of likely N-dealkylation sites (tertiary alicyclic amines) is 1. The molecule has 1 aliphatic heterocycles. The van der Waals surface area contributed by atoms with E-state index in [1.807, 2.05) is 5.38 Å². The molecule has 3 aliphatic rings. The van der Waals surface area contributed by atoms with E-state index in [-0.39, 0.29) is 5.78 Å². The van der Waals surface area contributed by atoms with Crippen molar-refractivity contribution in [1.82, 2.24) is 25.0 Å². The van der Waals surface area contributed by atoms with Gasteiger partial charge in [0.15, 0.2) is 0 Å². The van der Waals surface area contributed by atoms with Crippen molar-refractivity contribution in [2.24, 2.45) is 0 Å². The van der Waals surface area contributed by atoms with E-state index in [1.54, 1.807) is 12.3 Å². The molecule has 1 saturated heterocycles. The van der Waals surface area contributed by atoms with Crippen molar-refractivity contribution in [1.29, 1.82) is 0 Å². The van der Waals surface area contributed by atoms with Crippen LogP contribution < -0.4 is 9.47 Å². The first-order valence-electron chi connectivity index (χ1n) is 12.4. The summed E-state index contributed by atoms with van der Waals surface area (Å²) < 4.78 is 17.9. The second kappa shape index (κ2) is 9.31. The molecule has 2 aliphatic carbocycles. The molecular weight excluding hydrogens is 466 g/mol. The lowest BCUT2D eigenvalue weighted by Crippen LogP contribution is -2.41.